The van der Waals surface area contributed by atoms with Crippen LogP contribution in [0.1, 0.15) is 11.1 Å². The van der Waals surface area contributed by atoms with Crippen LogP contribution in [0.15, 0.2) is 48.5 Å². The first kappa shape index (κ1) is 15.3. The molecule has 0 amide bonds. The van der Waals surface area contributed by atoms with Crippen molar-refractivity contribution in [2.75, 3.05) is 6.61 Å². The van der Waals surface area contributed by atoms with E-state index < -0.39 is 12.5 Å². The van der Waals surface area contributed by atoms with Gasteiger partial charge in [-0.1, -0.05) is 70.0 Å². The molecule has 0 aliphatic carbocycles. The summed E-state index contributed by atoms with van der Waals surface area (Å²) >= 11 is 9.27. The van der Waals surface area contributed by atoms with Crippen LogP contribution in [0.5, 0.6) is 5.75 Å². The van der Waals surface area contributed by atoms with Crippen molar-refractivity contribution in [3.8, 4) is 5.75 Å². The topological polar surface area (TPSA) is 9.23 Å². The molecular weight excluding hydrogens is 350 g/mol. The molecule has 0 saturated heterocycles. The molecule has 0 atom stereocenters. The molecule has 20 heavy (non-hydrogen) atoms. The fraction of sp³-hybridized carbons (Fsp3) is 0.200. The summed E-state index contributed by atoms with van der Waals surface area (Å²) in [6.07, 6.45) is 0. The number of rotatable bonds is 5. The van der Waals surface area contributed by atoms with Gasteiger partial charge in [-0.25, -0.2) is 0 Å². The van der Waals surface area contributed by atoms with Gasteiger partial charge in [0.05, 0.1) is 5.02 Å². The fourth-order valence-electron chi connectivity index (χ4n) is 1.75. The Labute approximate surface area is 129 Å². The third-order valence-corrected chi connectivity index (χ3v) is 3.69. The Morgan fingerprint density at radius 3 is 2.40 bits per heavy atom. The second-order valence-electron chi connectivity index (χ2n) is 4.22. The van der Waals surface area contributed by atoms with Crippen molar-refractivity contribution in [1.82, 2.24) is 0 Å². The molecule has 5 heteroatoms. The lowest BCUT2D eigenvalue weighted by Gasteiger charge is -2.19. The lowest BCUT2D eigenvalue weighted by Crippen LogP contribution is -2.23. The highest BCUT2D eigenvalue weighted by atomic mass is 79.9. The molecule has 0 bridgehead atoms. The van der Waals surface area contributed by atoms with E-state index in [1.807, 2.05) is 0 Å². The van der Waals surface area contributed by atoms with Crippen LogP contribution < -0.4 is 4.74 Å². The van der Waals surface area contributed by atoms with Crippen LogP contribution in [0.2, 0.25) is 5.02 Å². The van der Waals surface area contributed by atoms with E-state index in [-0.39, 0.29) is 5.56 Å². The maximum Gasteiger partial charge on any atom is 0.306 e. The van der Waals surface area contributed by atoms with Crippen molar-refractivity contribution in [2.45, 2.75) is 11.3 Å². The summed E-state index contributed by atoms with van der Waals surface area (Å²) in [6, 6.07) is 12.7. The summed E-state index contributed by atoms with van der Waals surface area (Å²) in [4.78, 5) is 0. The number of para-hydroxylation sites is 1. The van der Waals surface area contributed by atoms with Crippen molar-refractivity contribution in [1.29, 1.82) is 0 Å². The standard InChI is InChI=1S/C15H12BrClF2O/c16-9-11-5-4-8-13(17)14(11)20-10-15(18,19)12-6-2-1-3-7-12/h1-8H,9-10H2. The summed E-state index contributed by atoms with van der Waals surface area (Å²) in [5.41, 5.74) is 0.661. The maximum atomic E-state index is 14.0. The monoisotopic (exact) mass is 360 g/mol. The lowest BCUT2D eigenvalue weighted by molar-refractivity contribution is -0.0468. The quantitative estimate of drug-likeness (QED) is 0.647. The first-order valence-corrected chi connectivity index (χ1v) is 7.44. The van der Waals surface area contributed by atoms with Crippen molar-refractivity contribution in [3.63, 3.8) is 0 Å². The Bertz CT molecular complexity index is 575. The van der Waals surface area contributed by atoms with Crippen LogP contribution in [-0.2, 0) is 11.3 Å². The number of halogens is 4. The smallest absolute Gasteiger partial charge is 0.306 e. The van der Waals surface area contributed by atoms with E-state index in [1.54, 1.807) is 36.4 Å². The number of alkyl halides is 3. The van der Waals surface area contributed by atoms with Gasteiger partial charge in [0.25, 0.3) is 0 Å². The van der Waals surface area contributed by atoms with E-state index in [9.17, 15) is 8.78 Å². The van der Waals surface area contributed by atoms with Crippen LogP contribution >= 0.6 is 27.5 Å². The minimum atomic E-state index is -3.07. The minimum absolute atomic E-state index is 0.0764. The molecule has 0 aliphatic rings. The van der Waals surface area contributed by atoms with Gasteiger partial charge in [0.15, 0.2) is 6.61 Å². The van der Waals surface area contributed by atoms with Gasteiger partial charge in [-0.2, -0.15) is 8.78 Å². The van der Waals surface area contributed by atoms with Gasteiger partial charge in [-0.15, -0.1) is 0 Å². The molecule has 1 nitrogen and oxygen atoms in total. The molecule has 2 aromatic rings. The van der Waals surface area contributed by atoms with E-state index in [2.05, 4.69) is 15.9 Å². The maximum absolute atomic E-state index is 14.0. The predicted octanol–water partition coefficient (Wildman–Crippen LogP) is 5.41. The van der Waals surface area contributed by atoms with Gasteiger partial charge in [0.1, 0.15) is 5.75 Å². The summed E-state index contributed by atoms with van der Waals surface area (Å²) in [6.45, 7) is -0.749. The number of hydrogen-bond donors (Lipinski definition) is 0. The molecule has 0 N–H and O–H groups in total. The summed E-state index contributed by atoms with van der Waals surface area (Å²) < 4.78 is 33.3. The average molecular weight is 362 g/mol. The number of benzene rings is 2. The zero-order valence-corrected chi connectivity index (χ0v) is 12.8. The Balaban J connectivity index is 2.17. The predicted molar refractivity (Wildman–Crippen MR) is 79.9 cm³/mol. The van der Waals surface area contributed by atoms with E-state index in [0.717, 1.165) is 5.56 Å². The third-order valence-electron chi connectivity index (χ3n) is 2.79. The normalized spacial score (nSPS) is 11.4. The van der Waals surface area contributed by atoms with Crippen LogP contribution in [-0.4, -0.2) is 6.61 Å². The minimum Gasteiger partial charge on any atom is -0.485 e. The van der Waals surface area contributed by atoms with Gasteiger partial charge >= 0.3 is 5.92 Å². The fourth-order valence-corrected chi connectivity index (χ4v) is 2.44. The summed E-state index contributed by atoms with van der Waals surface area (Å²) in [5, 5.41) is 0.811. The molecular formula is C15H12BrClF2O. The zero-order valence-electron chi connectivity index (χ0n) is 10.5. The van der Waals surface area contributed by atoms with Crippen molar-refractivity contribution in [2.24, 2.45) is 0 Å². The highest BCUT2D eigenvalue weighted by Crippen LogP contribution is 2.34. The first-order chi connectivity index (χ1) is 9.54. The van der Waals surface area contributed by atoms with Gasteiger partial charge < -0.3 is 4.74 Å². The molecule has 0 aromatic heterocycles. The van der Waals surface area contributed by atoms with Gasteiger partial charge in [0, 0.05) is 16.5 Å². The molecule has 0 spiro atoms. The van der Waals surface area contributed by atoms with E-state index in [1.165, 1.54) is 12.1 Å². The first-order valence-electron chi connectivity index (χ1n) is 5.94. The highest BCUT2D eigenvalue weighted by molar-refractivity contribution is 9.08. The number of ether oxygens (including phenoxy) is 1. The third kappa shape index (κ3) is 3.49. The van der Waals surface area contributed by atoms with Crippen molar-refractivity contribution in [3.05, 3.63) is 64.7 Å². The molecule has 106 valence electrons. The summed E-state index contributed by atoms with van der Waals surface area (Å²) in [5.74, 6) is -2.77. The molecule has 0 fully saturated rings. The van der Waals surface area contributed by atoms with Crippen LogP contribution in [0.25, 0.3) is 0 Å². The molecule has 0 radical (unpaired) electrons. The van der Waals surface area contributed by atoms with Gasteiger partial charge in [0.2, 0.25) is 0 Å². The average Bonchev–Trinajstić information content (AvgIpc) is 2.46. The van der Waals surface area contributed by atoms with Crippen LogP contribution in [0.3, 0.4) is 0 Å². The Kier molecular flexibility index (Phi) is 5.00. The molecule has 2 rings (SSSR count). The molecule has 2 aromatic carbocycles. The van der Waals surface area contributed by atoms with Crippen molar-refractivity contribution >= 4 is 27.5 Å². The molecule has 0 saturated carbocycles. The van der Waals surface area contributed by atoms with Crippen LogP contribution in [0, 0.1) is 0 Å². The highest BCUT2D eigenvalue weighted by Gasteiger charge is 2.32. The molecule has 0 heterocycles. The Morgan fingerprint density at radius 1 is 1.05 bits per heavy atom. The zero-order chi connectivity index (χ0) is 14.6. The second kappa shape index (κ2) is 6.55. The Hall–Kier alpha value is -1.13. The SMILES string of the molecule is FC(F)(COc1c(Cl)cccc1CBr)c1ccccc1. The molecule has 0 aliphatic heterocycles. The number of hydrogen-bond acceptors (Lipinski definition) is 1. The van der Waals surface area contributed by atoms with Gasteiger partial charge in [-0.3, -0.25) is 0 Å². The largest absolute Gasteiger partial charge is 0.485 e. The van der Waals surface area contributed by atoms with Gasteiger partial charge in [-0.05, 0) is 6.07 Å². The molecule has 0 unspecified atom stereocenters. The van der Waals surface area contributed by atoms with E-state index in [4.69, 9.17) is 16.3 Å². The Morgan fingerprint density at radius 2 is 1.75 bits per heavy atom. The van der Waals surface area contributed by atoms with E-state index >= 15 is 0 Å². The lowest BCUT2D eigenvalue weighted by atomic mass is 10.1. The van der Waals surface area contributed by atoms with Crippen molar-refractivity contribution < 1.29 is 13.5 Å². The second-order valence-corrected chi connectivity index (χ2v) is 5.19. The summed E-state index contributed by atoms with van der Waals surface area (Å²) in [7, 11) is 0. The van der Waals surface area contributed by atoms with Crippen LogP contribution in [0.4, 0.5) is 8.78 Å². The van der Waals surface area contributed by atoms with E-state index in [0.29, 0.717) is 16.1 Å².